The summed E-state index contributed by atoms with van der Waals surface area (Å²) in [5.41, 5.74) is 2.80. The number of benzene rings is 1. The van der Waals surface area contributed by atoms with Crippen LogP contribution in [0.2, 0.25) is 10.0 Å². The number of amides is 1. The normalized spacial score (nSPS) is 10.1. The minimum Gasteiger partial charge on any atom is -0.367 e. The van der Waals surface area contributed by atoms with Crippen molar-refractivity contribution in [1.82, 2.24) is 5.43 Å². The summed E-state index contributed by atoms with van der Waals surface area (Å²) in [6.07, 6.45) is 0. The van der Waals surface area contributed by atoms with Gasteiger partial charge in [-0.05, 0) is 17.7 Å². The number of hydrazine groups is 1. The topological polar surface area (TPSA) is 64.3 Å². The highest BCUT2D eigenvalue weighted by atomic mass is 35.5. The Balaban J connectivity index is 2.44. The van der Waals surface area contributed by atoms with Gasteiger partial charge in [0, 0.05) is 0 Å². The van der Waals surface area contributed by atoms with E-state index in [-0.39, 0.29) is 19.1 Å². The summed E-state index contributed by atoms with van der Waals surface area (Å²) in [4.78, 5) is 10.7. The third-order valence-electron chi connectivity index (χ3n) is 1.65. The van der Waals surface area contributed by atoms with Crippen LogP contribution in [0.15, 0.2) is 18.2 Å². The molecule has 0 aliphatic heterocycles. The van der Waals surface area contributed by atoms with Crippen LogP contribution < -0.4 is 11.3 Å². The Kier molecular flexibility index (Phi) is 4.84. The molecule has 15 heavy (non-hydrogen) atoms. The molecule has 6 heteroatoms. The standard InChI is InChI=1S/C9H10Cl2N2O2/c10-7-2-1-6(3-8(7)11)4-15-5-9(14)13-12/h1-3H,4-5,12H2,(H,13,14). The number of nitrogens with one attached hydrogen (secondary N) is 1. The third-order valence-corrected chi connectivity index (χ3v) is 2.39. The molecular weight excluding hydrogens is 239 g/mol. The van der Waals surface area contributed by atoms with Crippen molar-refractivity contribution in [1.29, 1.82) is 0 Å². The Morgan fingerprint density at radius 2 is 2.13 bits per heavy atom. The molecule has 1 rings (SSSR count). The van der Waals surface area contributed by atoms with Gasteiger partial charge in [-0.1, -0.05) is 29.3 Å². The average molecular weight is 249 g/mol. The van der Waals surface area contributed by atoms with Gasteiger partial charge in [0.05, 0.1) is 16.7 Å². The average Bonchev–Trinajstić information content (AvgIpc) is 2.23. The Morgan fingerprint density at radius 3 is 2.73 bits per heavy atom. The SMILES string of the molecule is NNC(=O)COCc1ccc(Cl)c(Cl)c1. The Labute approximate surface area is 97.3 Å². The maximum Gasteiger partial charge on any atom is 0.259 e. The molecule has 0 saturated carbocycles. The van der Waals surface area contributed by atoms with Gasteiger partial charge >= 0.3 is 0 Å². The van der Waals surface area contributed by atoms with E-state index in [1.165, 1.54) is 0 Å². The Morgan fingerprint density at radius 1 is 1.40 bits per heavy atom. The van der Waals surface area contributed by atoms with Gasteiger partial charge in [0.2, 0.25) is 0 Å². The van der Waals surface area contributed by atoms with Gasteiger partial charge < -0.3 is 4.74 Å². The van der Waals surface area contributed by atoms with Crippen molar-refractivity contribution in [3.63, 3.8) is 0 Å². The lowest BCUT2D eigenvalue weighted by Gasteiger charge is -2.04. The molecule has 0 saturated heterocycles. The summed E-state index contributed by atoms with van der Waals surface area (Å²) in [6.45, 7) is 0.195. The monoisotopic (exact) mass is 248 g/mol. The first kappa shape index (κ1) is 12.3. The van der Waals surface area contributed by atoms with Gasteiger partial charge in [-0.25, -0.2) is 5.84 Å². The van der Waals surface area contributed by atoms with E-state index in [1.54, 1.807) is 18.2 Å². The van der Waals surface area contributed by atoms with E-state index in [4.69, 9.17) is 33.8 Å². The minimum atomic E-state index is -0.380. The highest BCUT2D eigenvalue weighted by Crippen LogP contribution is 2.22. The molecule has 0 unspecified atom stereocenters. The molecule has 1 amide bonds. The molecule has 0 aromatic heterocycles. The van der Waals surface area contributed by atoms with E-state index in [9.17, 15) is 4.79 Å². The number of carbonyl (C=O) groups excluding carboxylic acids is 1. The highest BCUT2D eigenvalue weighted by Gasteiger charge is 2.01. The first-order chi connectivity index (χ1) is 7.13. The fourth-order valence-electron chi connectivity index (χ4n) is 0.933. The molecule has 3 N–H and O–H groups in total. The summed E-state index contributed by atoms with van der Waals surface area (Å²) in [5, 5.41) is 0.946. The van der Waals surface area contributed by atoms with Gasteiger partial charge in [-0.3, -0.25) is 10.2 Å². The van der Waals surface area contributed by atoms with Crippen molar-refractivity contribution in [2.24, 2.45) is 5.84 Å². The zero-order valence-electron chi connectivity index (χ0n) is 7.80. The number of ether oxygens (including phenoxy) is 1. The maximum absolute atomic E-state index is 10.7. The molecule has 0 heterocycles. The molecule has 0 radical (unpaired) electrons. The summed E-state index contributed by atoms with van der Waals surface area (Å²) in [6, 6.07) is 5.13. The summed E-state index contributed by atoms with van der Waals surface area (Å²) < 4.78 is 5.07. The number of hydrogen-bond donors (Lipinski definition) is 2. The Bertz CT molecular complexity index is 358. The van der Waals surface area contributed by atoms with E-state index in [1.807, 2.05) is 5.43 Å². The van der Waals surface area contributed by atoms with Crippen molar-refractivity contribution in [2.45, 2.75) is 6.61 Å². The van der Waals surface area contributed by atoms with Crippen LogP contribution >= 0.6 is 23.2 Å². The zero-order valence-corrected chi connectivity index (χ0v) is 9.31. The first-order valence-corrected chi connectivity index (χ1v) is 4.90. The number of halogens is 2. The van der Waals surface area contributed by atoms with Crippen LogP contribution in [0.3, 0.4) is 0 Å². The Hall–Kier alpha value is -0.810. The molecule has 0 aliphatic carbocycles. The summed E-state index contributed by atoms with van der Waals surface area (Å²) >= 11 is 11.5. The van der Waals surface area contributed by atoms with E-state index < -0.39 is 0 Å². The summed E-state index contributed by atoms with van der Waals surface area (Å²) in [7, 11) is 0. The maximum atomic E-state index is 10.7. The molecule has 82 valence electrons. The molecular formula is C9H10Cl2N2O2. The van der Waals surface area contributed by atoms with Gasteiger partial charge in [0.15, 0.2) is 0 Å². The molecule has 0 atom stereocenters. The van der Waals surface area contributed by atoms with Gasteiger partial charge in [-0.15, -0.1) is 0 Å². The number of nitrogens with two attached hydrogens (primary N) is 1. The lowest BCUT2D eigenvalue weighted by Crippen LogP contribution is -2.33. The zero-order chi connectivity index (χ0) is 11.3. The molecule has 1 aromatic carbocycles. The van der Waals surface area contributed by atoms with E-state index in [2.05, 4.69) is 0 Å². The fourth-order valence-corrected chi connectivity index (χ4v) is 1.25. The number of hydrogen-bond acceptors (Lipinski definition) is 3. The van der Waals surface area contributed by atoms with Crippen LogP contribution in [0.25, 0.3) is 0 Å². The molecule has 1 aromatic rings. The van der Waals surface area contributed by atoms with Crippen LogP contribution in [-0.4, -0.2) is 12.5 Å². The van der Waals surface area contributed by atoms with Crippen molar-refractivity contribution < 1.29 is 9.53 Å². The second kappa shape index (κ2) is 5.92. The smallest absolute Gasteiger partial charge is 0.259 e. The van der Waals surface area contributed by atoms with E-state index in [0.717, 1.165) is 5.56 Å². The second-order valence-electron chi connectivity index (χ2n) is 2.81. The van der Waals surface area contributed by atoms with Crippen molar-refractivity contribution in [3.05, 3.63) is 33.8 Å². The lowest BCUT2D eigenvalue weighted by molar-refractivity contribution is -0.126. The number of carbonyl (C=O) groups is 1. The summed E-state index contributed by atoms with van der Waals surface area (Å²) in [5.74, 6) is 4.50. The third kappa shape index (κ3) is 4.05. The van der Waals surface area contributed by atoms with Crippen LogP contribution in [-0.2, 0) is 16.1 Å². The van der Waals surface area contributed by atoms with Gasteiger partial charge in [0.25, 0.3) is 5.91 Å². The largest absolute Gasteiger partial charge is 0.367 e. The number of rotatable bonds is 4. The quantitative estimate of drug-likeness (QED) is 0.482. The van der Waals surface area contributed by atoms with E-state index in [0.29, 0.717) is 10.0 Å². The van der Waals surface area contributed by atoms with Crippen LogP contribution in [0, 0.1) is 0 Å². The van der Waals surface area contributed by atoms with Crippen molar-refractivity contribution >= 4 is 29.1 Å². The van der Waals surface area contributed by atoms with Gasteiger partial charge in [-0.2, -0.15) is 0 Å². The van der Waals surface area contributed by atoms with Gasteiger partial charge in [0.1, 0.15) is 6.61 Å². The van der Waals surface area contributed by atoms with Crippen LogP contribution in [0.1, 0.15) is 5.56 Å². The highest BCUT2D eigenvalue weighted by molar-refractivity contribution is 6.42. The van der Waals surface area contributed by atoms with Crippen LogP contribution in [0.4, 0.5) is 0 Å². The molecule has 0 aliphatic rings. The van der Waals surface area contributed by atoms with Crippen molar-refractivity contribution in [2.75, 3.05) is 6.61 Å². The molecule has 4 nitrogen and oxygen atoms in total. The molecule has 0 fully saturated rings. The predicted molar refractivity (Wildman–Crippen MR) is 58.4 cm³/mol. The predicted octanol–water partition coefficient (Wildman–Crippen LogP) is 1.50. The molecule has 0 spiro atoms. The van der Waals surface area contributed by atoms with E-state index >= 15 is 0 Å². The van der Waals surface area contributed by atoms with Crippen molar-refractivity contribution in [3.8, 4) is 0 Å². The second-order valence-corrected chi connectivity index (χ2v) is 3.62. The molecule has 0 bridgehead atoms. The lowest BCUT2D eigenvalue weighted by atomic mass is 10.2. The fraction of sp³-hybridized carbons (Fsp3) is 0.222. The van der Waals surface area contributed by atoms with Crippen LogP contribution in [0.5, 0.6) is 0 Å². The minimum absolute atomic E-state index is 0.0866. The first-order valence-electron chi connectivity index (χ1n) is 4.14.